The number of carbonyl (C=O) groups excluding carboxylic acids is 2. The van der Waals surface area contributed by atoms with E-state index in [1.54, 1.807) is 0 Å². The number of hydrogen-bond donors (Lipinski definition) is 2. The molecule has 0 aliphatic carbocycles. The van der Waals surface area contributed by atoms with E-state index >= 15 is 0 Å². The van der Waals surface area contributed by atoms with Crippen LogP contribution in [0.1, 0.15) is 30.9 Å². The van der Waals surface area contributed by atoms with Gasteiger partial charge in [0.25, 0.3) is 0 Å². The molecule has 2 aliphatic rings. The normalized spacial score (nSPS) is 20.4. The highest BCUT2D eigenvalue weighted by Gasteiger charge is 2.28. The number of rotatable bonds is 5. The third-order valence-corrected chi connectivity index (χ3v) is 4.33. The molecule has 1 fully saturated rings. The Labute approximate surface area is 141 Å². The summed E-state index contributed by atoms with van der Waals surface area (Å²) in [5.41, 5.74) is 6.18. The van der Waals surface area contributed by atoms with Gasteiger partial charge in [-0.3, -0.25) is 14.5 Å². The summed E-state index contributed by atoms with van der Waals surface area (Å²) >= 11 is 0. The summed E-state index contributed by atoms with van der Waals surface area (Å²) in [4.78, 5) is 24.8. The van der Waals surface area contributed by atoms with Crippen LogP contribution in [-0.2, 0) is 9.59 Å². The third kappa shape index (κ3) is 3.97. The van der Waals surface area contributed by atoms with Crippen LogP contribution in [0.3, 0.4) is 0 Å². The molecule has 2 amide bonds. The van der Waals surface area contributed by atoms with Crippen LogP contribution >= 0.6 is 0 Å². The topological polar surface area (TPSA) is 93.9 Å². The van der Waals surface area contributed by atoms with Crippen LogP contribution in [0.25, 0.3) is 0 Å². The number of amides is 2. The van der Waals surface area contributed by atoms with Crippen LogP contribution in [0.4, 0.5) is 0 Å². The Kier molecular flexibility index (Phi) is 5.20. The first-order valence-corrected chi connectivity index (χ1v) is 8.32. The quantitative estimate of drug-likeness (QED) is 0.822. The summed E-state index contributed by atoms with van der Waals surface area (Å²) in [5.74, 6) is 0.828. The van der Waals surface area contributed by atoms with Crippen molar-refractivity contribution in [2.75, 3.05) is 32.8 Å². The predicted octanol–water partition coefficient (Wildman–Crippen LogP) is 0.586. The number of likely N-dealkylation sites (tertiary alicyclic amines) is 1. The number of fused-ring (bicyclic) bond motifs is 1. The lowest BCUT2D eigenvalue weighted by atomic mass is 10.0. The lowest BCUT2D eigenvalue weighted by molar-refractivity contribution is -0.125. The Morgan fingerprint density at radius 1 is 1.21 bits per heavy atom. The molecule has 24 heavy (non-hydrogen) atoms. The first-order chi connectivity index (χ1) is 11.6. The van der Waals surface area contributed by atoms with Gasteiger partial charge in [-0.05, 0) is 37.1 Å². The number of nitrogens with zero attached hydrogens (tertiary/aromatic N) is 1. The molecule has 1 aromatic carbocycles. The van der Waals surface area contributed by atoms with E-state index < -0.39 is 5.91 Å². The van der Waals surface area contributed by atoms with Gasteiger partial charge in [-0.25, -0.2) is 0 Å². The zero-order valence-electron chi connectivity index (χ0n) is 13.6. The predicted molar refractivity (Wildman–Crippen MR) is 87.8 cm³/mol. The molecule has 1 atom stereocenters. The lowest BCUT2D eigenvalue weighted by Gasteiger charge is -2.24. The van der Waals surface area contributed by atoms with Crippen molar-refractivity contribution in [3.05, 3.63) is 23.8 Å². The Bertz CT molecular complexity index is 620. The average Bonchev–Trinajstić information content (AvgIpc) is 2.88. The zero-order chi connectivity index (χ0) is 16.9. The fraction of sp³-hybridized carbons (Fsp3) is 0.529. The van der Waals surface area contributed by atoms with Crippen molar-refractivity contribution in [3.8, 4) is 11.5 Å². The molecule has 7 heteroatoms. The van der Waals surface area contributed by atoms with Gasteiger partial charge < -0.3 is 20.5 Å². The summed E-state index contributed by atoms with van der Waals surface area (Å²) in [6, 6.07) is 6.17. The Morgan fingerprint density at radius 2 is 2.00 bits per heavy atom. The van der Waals surface area contributed by atoms with Gasteiger partial charge in [-0.2, -0.15) is 0 Å². The van der Waals surface area contributed by atoms with Crippen molar-refractivity contribution < 1.29 is 19.1 Å². The summed E-state index contributed by atoms with van der Waals surface area (Å²) < 4.78 is 11.4. The van der Waals surface area contributed by atoms with Crippen LogP contribution in [0.15, 0.2) is 18.2 Å². The van der Waals surface area contributed by atoms with E-state index in [0.717, 1.165) is 42.9 Å². The van der Waals surface area contributed by atoms with E-state index in [1.165, 1.54) is 0 Å². The molecule has 0 spiro atoms. The van der Waals surface area contributed by atoms with E-state index in [-0.39, 0.29) is 25.0 Å². The molecule has 130 valence electrons. The first-order valence-electron chi connectivity index (χ1n) is 8.32. The van der Waals surface area contributed by atoms with Crippen molar-refractivity contribution in [3.63, 3.8) is 0 Å². The van der Waals surface area contributed by atoms with Crippen LogP contribution in [0.2, 0.25) is 0 Å². The zero-order valence-corrected chi connectivity index (χ0v) is 13.6. The molecule has 0 radical (unpaired) electrons. The largest absolute Gasteiger partial charge is 0.490 e. The number of hydrogen-bond acceptors (Lipinski definition) is 5. The minimum absolute atomic E-state index is 0.124. The summed E-state index contributed by atoms with van der Waals surface area (Å²) in [6.07, 6.45) is 2.89. The number of nitrogens with two attached hydrogens (primary N) is 1. The van der Waals surface area contributed by atoms with Crippen molar-refractivity contribution in [2.24, 2.45) is 5.73 Å². The molecule has 1 aromatic rings. The Hall–Kier alpha value is -2.28. The minimum atomic E-state index is -0.538. The van der Waals surface area contributed by atoms with Crippen LogP contribution in [0.5, 0.6) is 11.5 Å². The van der Waals surface area contributed by atoms with Gasteiger partial charge in [-0.1, -0.05) is 6.07 Å². The first kappa shape index (κ1) is 16.6. The highest BCUT2D eigenvalue weighted by atomic mass is 16.5. The maximum atomic E-state index is 12.0. The third-order valence-electron chi connectivity index (χ3n) is 4.33. The standard InChI is InChI=1S/C17H23N3O4/c18-16(21)10-19-17(22)11-20-6-1-3-13(20)12-4-5-14-15(9-12)24-8-2-7-23-14/h4-5,9,13H,1-3,6-8,10-11H2,(H2,18,21)(H,19,22)/t13-/m0/s1. The second kappa shape index (κ2) is 7.53. The van der Waals surface area contributed by atoms with Crippen molar-refractivity contribution in [2.45, 2.75) is 25.3 Å². The van der Waals surface area contributed by atoms with Crippen LogP contribution < -0.4 is 20.5 Å². The summed E-state index contributed by atoms with van der Waals surface area (Å²) in [6.45, 7) is 2.30. The Morgan fingerprint density at radius 3 is 2.79 bits per heavy atom. The lowest BCUT2D eigenvalue weighted by Crippen LogP contribution is -2.40. The second-order valence-electron chi connectivity index (χ2n) is 6.13. The SMILES string of the molecule is NC(=O)CNC(=O)CN1CCC[C@H]1c1ccc2c(c1)OCCCO2. The Balaban J connectivity index is 1.68. The summed E-state index contributed by atoms with van der Waals surface area (Å²) in [5, 5.41) is 2.54. The minimum Gasteiger partial charge on any atom is -0.490 e. The number of carbonyl (C=O) groups is 2. The fourth-order valence-electron chi connectivity index (χ4n) is 3.21. The molecule has 7 nitrogen and oxygen atoms in total. The molecule has 0 unspecified atom stereocenters. The van der Waals surface area contributed by atoms with E-state index in [0.29, 0.717) is 13.2 Å². The average molecular weight is 333 g/mol. The van der Waals surface area contributed by atoms with E-state index in [4.69, 9.17) is 15.2 Å². The van der Waals surface area contributed by atoms with E-state index in [1.807, 2.05) is 18.2 Å². The molecule has 3 N–H and O–H groups in total. The molecule has 2 heterocycles. The van der Waals surface area contributed by atoms with Crippen molar-refractivity contribution in [1.29, 1.82) is 0 Å². The van der Waals surface area contributed by atoms with Gasteiger partial charge in [0.2, 0.25) is 11.8 Å². The molecular weight excluding hydrogens is 310 g/mol. The van der Waals surface area contributed by atoms with Gasteiger partial charge in [0.15, 0.2) is 11.5 Å². The molecule has 0 bridgehead atoms. The molecule has 2 aliphatic heterocycles. The summed E-state index contributed by atoms with van der Waals surface area (Å²) in [7, 11) is 0. The molecule has 0 aromatic heterocycles. The van der Waals surface area contributed by atoms with E-state index in [9.17, 15) is 9.59 Å². The molecule has 0 saturated carbocycles. The van der Waals surface area contributed by atoms with Crippen molar-refractivity contribution >= 4 is 11.8 Å². The molecule has 1 saturated heterocycles. The smallest absolute Gasteiger partial charge is 0.236 e. The number of primary amides is 1. The van der Waals surface area contributed by atoms with Gasteiger partial charge in [0.1, 0.15) is 0 Å². The second-order valence-corrected chi connectivity index (χ2v) is 6.13. The van der Waals surface area contributed by atoms with Gasteiger partial charge in [0.05, 0.1) is 26.3 Å². The van der Waals surface area contributed by atoms with Crippen molar-refractivity contribution in [1.82, 2.24) is 10.2 Å². The van der Waals surface area contributed by atoms with Crippen LogP contribution in [0, 0.1) is 0 Å². The maximum absolute atomic E-state index is 12.0. The fourth-order valence-corrected chi connectivity index (χ4v) is 3.21. The molecular formula is C17H23N3O4. The molecule has 3 rings (SSSR count). The number of nitrogens with one attached hydrogen (secondary N) is 1. The van der Waals surface area contributed by atoms with Gasteiger partial charge in [-0.15, -0.1) is 0 Å². The van der Waals surface area contributed by atoms with Crippen LogP contribution in [-0.4, -0.2) is 49.6 Å². The highest BCUT2D eigenvalue weighted by molar-refractivity contribution is 5.84. The van der Waals surface area contributed by atoms with E-state index in [2.05, 4.69) is 10.2 Å². The number of ether oxygens (including phenoxy) is 2. The van der Waals surface area contributed by atoms with Gasteiger partial charge >= 0.3 is 0 Å². The highest BCUT2D eigenvalue weighted by Crippen LogP contribution is 2.37. The monoisotopic (exact) mass is 333 g/mol. The number of benzene rings is 1. The maximum Gasteiger partial charge on any atom is 0.236 e. The van der Waals surface area contributed by atoms with Gasteiger partial charge in [0, 0.05) is 12.5 Å².